The minimum Gasteiger partial charge on any atom is -0.426 e. The molecule has 0 aliphatic carbocycles. The number of esters is 1. The van der Waals surface area contributed by atoms with Gasteiger partial charge in [0.1, 0.15) is 5.75 Å². The number of nitrogens with zero attached hydrogens (tertiary/aromatic N) is 2. The molecule has 5 nitrogen and oxygen atoms in total. The number of ether oxygens (including phenoxy) is 1. The van der Waals surface area contributed by atoms with Crippen LogP contribution in [0.25, 0.3) is 22.0 Å². The Balaban J connectivity index is 1.39. The summed E-state index contributed by atoms with van der Waals surface area (Å²) in [7, 11) is 0. The molecule has 0 bridgehead atoms. The van der Waals surface area contributed by atoms with Gasteiger partial charge in [-0.05, 0) is 70.1 Å². The second kappa shape index (κ2) is 8.57. The molecule has 1 aromatic heterocycles. The van der Waals surface area contributed by atoms with E-state index < -0.39 is 5.97 Å². The summed E-state index contributed by atoms with van der Waals surface area (Å²) in [4.78, 5) is 28.9. The Bertz CT molecular complexity index is 1220. The number of para-hydroxylation sites is 1. The fourth-order valence-electron chi connectivity index (χ4n) is 3.02. The van der Waals surface area contributed by atoms with Crippen LogP contribution in [0.5, 0.6) is 5.75 Å². The second-order valence-electron chi connectivity index (χ2n) is 6.52. The highest BCUT2D eigenvalue weighted by atomic mass is 127. The van der Waals surface area contributed by atoms with E-state index in [0.717, 1.165) is 11.1 Å². The molecule has 3 aromatic carbocycles. The second-order valence-corrected chi connectivity index (χ2v) is 7.76. The molecule has 0 saturated carbocycles. The Morgan fingerprint density at radius 2 is 1.59 bits per heavy atom. The molecule has 0 atom stereocenters. The quantitative estimate of drug-likeness (QED) is 0.229. The Kier molecular flexibility index (Phi) is 5.71. The number of hydrogen-bond donors (Lipinski definition) is 0. The Morgan fingerprint density at radius 3 is 2.31 bits per heavy atom. The fourth-order valence-corrected chi connectivity index (χ4v) is 3.38. The maximum absolute atomic E-state index is 12.5. The van der Waals surface area contributed by atoms with Gasteiger partial charge in [-0.15, -0.1) is 0 Å². The zero-order chi connectivity index (χ0) is 20.2. The number of aryl methyl sites for hydroxylation is 1. The van der Waals surface area contributed by atoms with Gasteiger partial charge in [0, 0.05) is 10.1 Å². The van der Waals surface area contributed by atoms with E-state index in [1.807, 2.05) is 30.3 Å². The monoisotopic (exact) mass is 496 g/mol. The number of aromatic nitrogens is 2. The van der Waals surface area contributed by atoms with Crippen molar-refractivity contribution in [3.05, 3.63) is 93.0 Å². The van der Waals surface area contributed by atoms with Gasteiger partial charge in [-0.3, -0.25) is 14.2 Å². The first-order valence-corrected chi connectivity index (χ1v) is 10.2. The Morgan fingerprint density at radius 1 is 0.931 bits per heavy atom. The number of halogens is 1. The van der Waals surface area contributed by atoms with Crippen LogP contribution in [0, 0.1) is 3.57 Å². The highest BCUT2D eigenvalue weighted by Crippen LogP contribution is 2.23. The van der Waals surface area contributed by atoms with E-state index in [-0.39, 0.29) is 18.5 Å². The van der Waals surface area contributed by atoms with Crippen LogP contribution in [0.3, 0.4) is 0 Å². The molecule has 144 valence electrons. The first kappa shape index (κ1) is 19.3. The lowest BCUT2D eigenvalue weighted by Crippen LogP contribution is -2.23. The van der Waals surface area contributed by atoms with Crippen LogP contribution in [-0.4, -0.2) is 15.5 Å². The van der Waals surface area contributed by atoms with Crippen molar-refractivity contribution in [2.45, 2.75) is 13.0 Å². The van der Waals surface area contributed by atoms with Gasteiger partial charge in [-0.1, -0.05) is 36.4 Å². The summed E-state index contributed by atoms with van der Waals surface area (Å²) < 4.78 is 8.01. The first-order valence-electron chi connectivity index (χ1n) is 9.11. The average Bonchev–Trinajstić information content (AvgIpc) is 2.75. The zero-order valence-electron chi connectivity index (χ0n) is 15.4. The number of rotatable bonds is 5. The van der Waals surface area contributed by atoms with Crippen LogP contribution in [0.4, 0.5) is 0 Å². The lowest BCUT2D eigenvalue weighted by atomic mass is 10.1. The molecule has 4 aromatic rings. The maximum atomic E-state index is 12.5. The normalized spacial score (nSPS) is 10.8. The van der Waals surface area contributed by atoms with Crippen molar-refractivity contribution in [3.8, 4) is 16.9 Å². The fraction of sp³-hybridized carbons (Fsp3) is 0.0870. The molecule has 0 spiro atoms. The van der Waals surface area contributed by atoms with Gasteiger partial charge in [0.15, 0.2) is 0 Å². The lowest BCUT2D eigenvalue weighted by Gasteiger charge is -2.08. The van der Waals surface area contributed by atoms with Gasteiger partial charge in [-0.25, -0.2) is 4.98 Å². The minimum absolute atomic E-state index is 0.0821. The van der Waals surface area contributed by atoms with Crippen LogP contribution >= 0.6 is 22.6 Å². The summed E-state index contributed by atoms with van der Waals surface area (Å²) in [6, 6.07) is 22.7. The number of fused-ring (bicyclic) bond motifs is 1. The summed E-state index contributed by atoms with van der Waals surface area (Å²) >= 11 is 2.27. The third-order valence-electron chi connectivity index (χ3n) is 4.55. The van der Waals surface area contributed by atoms with Crippen LogP contribution < -0.4 is 10.3 Å². The maximum Gasteiger partial charge on any atom is 0.312 e. The highest BCUT2D eigenvalue weighted by Gasteiger charge is 2.09. The SMILES string of the molecule is O=C(CCn1cnc2ccccc2c1=O)Oc1ccc(-c2ccc(I)cc2)cc1. The van der Waals surface area contributed by atoms with Crippen LogP contribution in [0.2, 0.25) is 0 Å². The molecule has 1 heterocycles. The summed E-state index contributed by atoms with van der Waals surface area (Å²) in [6.07, 6.45) is 1.55. The first-order chi connectivity index (χ1) is 14.1. The summed E-state index contributed by atoms with van der Waals surface area (Å²) in [5, 5.41) is 0.537. The molecule has 0 amide bonds. The molecule has 0 radical (unpaired) electrons. The molecule has 6 heteroatoms. The minimum atomic E-state index is -0.396. The third-order valence-corrected chi connectivity index (χ3v) is 5.27. The predicted octanol–water partition coefficient (Wildman–Crippen LogP) is 4.66. The van der Waals surface area contributed by atoms with Crippen molar-refractivity contribution >= 4 is 39.5 Å². The highest BCUT2D eigenvalue weighted by molar-refractivity contribution is 14.1. The van der Waals surface area contributed by atoms with Crippen LogP contribution in [-0.2, 0) is 11.3 Å². The zero-order valence-corrected chi connectivity index (χ0v) is 17.6. The van der Waals surface area contributed by atoms with Gasteiger partial charge in [0.05, 0.1) is 23.7 Å². The van der Waals surface area contributed by atoms with Gasteiger partial charge in [-0.2, -0.15) is 0 Å². The molecular formula is C23H17IN2O3. The number of carbonyl (C=O) groups excluding carboxylic acids is 1. The van der Waals surface area contributed by atoms with E-state index in [1.165, 1.54) is 14.5 Å². The number of benzene rings is 3. The molecule has 0 saturated heterocycles. The molecule has 0 unspecified atom stereocenters. The van der Waals surface area contributed by atoms with E-state index in [2.05, 4.69) is 39.7 Å². The van der Waals surface area contributed by atoms with Crippen LogP contribution in [0.15, 0.2) is 83.9 Å². The standard InChI is InChI=1S/C23H17IN2O3/c24-18-9-5-16(6-10-18)17-7-11-19(12-8-17)29-22(27)13-14-26-15-25-21-4-2-1-3-20(21)23(26)28/h1-12,15H,13-14H2. The van der Waals surface area contributed by atoms with Crippen molar-refractivity contribution in [1.82, 2.24) is 9.55 Å². The predicted molar refractivity (Wildman–Crippen MR) is 121 cm³/mol. The smallest absolute Gasteiger partial charge is 0.312 e. The molecular weight excluding hydrogens is 479 g/mol. The molecule has 0 fully saturated rings. The lowest BCUT2D eigenvalue weighted by molar-refractivity contribution is -0.134. The van der Waals surface area contributed by atoms with Gasteiger partial charge >= 0.3 is 5.97 Å². The van der Waals surface area contributed by atoms with Gasteiger partial charge in [0.2, 0.25) is 0 Å². The van der Waals surface area contributed by atoms with Crippen molar-refractivity contribution in [1.29, 1.82) is 0 Å². The number of carbonyl (C=O) groups is 1. The van der Waals surface area contributed by atoms with Crippen molar-refractivity contribution in [3.63, 3.8) is 0 Å². The summed E-state index contributed by atoms with van der Waals surface area (Å²) in [6.45, 7) is 0.218. The van der Waals surface area contributed by atoms with Gasteiger partial charge < -0.3 is 4.74 Å². The van der Waals surface area contributed by atoms with Crippen molar-refractivity contribution in [2.75, 3.05) is 0 Å². The van der Waals surface area contributed by atoms with Crippen molar-refractivity contribution < 1.29 is 9.53 Å². The Hall–Kier alpha value is -3.00. The molecule has 0 aliphatic heterocycles. The van der Waals surface area contributed by atoms with E-state index in [4.69, 9.17) is 4.74 Å². The largest absolute Gasteiger partial charge is 0.426 e. The topological polar surface area (TPSA) is 61.2 Å². The van der Waals surface area contributed by atoms with Crippen LogP contribution in [0.1, 0.15) is 6.42 Å². The van der Waals surface area contributed by atoms with E-state index >= 15 is 0 Å². The van der Waals surface area contributed by atoms with E-state index in [9.17, 15) is 9.59 Å². The van der Waals surface area contributed by atoms with Crippen molar-refractivity contribution in [2.24, 2.45) is 0 Å². The summed E-state index contributed by atoms with van der Waals surface area (Å²) in [5.41, 5.74) is 2.64. The summed E-state index contributed by atoms with van der Waals surface area (Å²) in [5.74, 6) is 0.0836. The third kappa shape index (κ3) is 4.54. The number of hydrogen-bond acceptors (Lipinski definition) is 4. The molecule has 29 heavy (non-hydrogen) atoms. The van der Waals surface area contributed by atoms with E-state index in [0.29, 0.717) is 16.7 Å². The molecule has 0 N–H and O–H groups in total. The average molecular weight is 496 g/mol. The Labute approximate surface area is 181 Å². The van der Waals surface area contributed by atoms with E-state index in [1.54, 1.807) is 30.3 Å². The van der Waals surface area contributed by atoms with Gasteiger partial charge in [0.25, 0.3) is 5.56 Å². The molecule has 4 rings (SSSR count). The molecule has 0 aliphatic rings.